The quantitative estimate of drug-likeness (QED) is 0.454. The largest absolute Gasteiger partial charge is 0.321 e. The Labute approximate surface area is 165 Å². The van der Waals surface area contributed by atoms with Crippen LogP contribution in [0.5, 0.6) is 0 Å². The monoisotopic (exact) mass is 388 g/mol. The molecule has 0 aliphatic rings. The van der Waals surface area contributed by atoms with Crippen LogP contribution in [0, 0.1) is 11.8 Å². The number of aromatic nitrogens is 1. The van der Waals surface area contributed by atoms with Crippen LogP contribution < -0.4 is 5.32 Å². The smallest absolute Gasteiger partial charge is 0.267 e. The highest BCUT2D eigenvalue weighted by atomic mass is 35.5. The molecule has 2 aromatic heterocycles. The van der Waals surface area contributed by atoms with Gasteiger partial charge in [-0.05, 0) is 42.3 Å². The number of carbonyl (C=O) groups is 1. The number of hydrogen-bond donors (Lipinski definition) is 1. The first kappa shape index (κ1) is 17.3. The summed E-state index contributed by atoms with van der Waals surface area (Å²) in [6, 6.07) is 20.7. The third kappa shape index (κ3) is 3.85. The zero-order valence-corrected chi connectivity index (χ0v) is 15.6. The topological polar surface area (TPSA) is 42.0 Å². The Hall–Kier alpha value is -3.13. The van der Waals surface area contributed by atoms with Crippen molar-refractivity contribution >= 4 is 44.6 Å². The molecule has 0 saturated carbocycles. The van der Waals surface area contributed by atoms with Gasteiger partial charge in [-0.3, -0.25) is 4.79 Å². The van der Waals surface area contributed by atoms with E-state index in [9.17, 15) is 4.79 Å². The summed E-state index contributed by atoms with van der Waals surface area (Å²) in [6.07, 6.45) is 1.70. The molecule has 0 bridgehead atoms. The Morgan fingerprint density at radius 2 is 1.85 bits per heavy atom. The molecule has 0 saturated heterocycles. The number of pyridine rings is 1. The zero-order chi connectivity index (χ0) is 18.6. The lowest BCUT2D eigenvalue weighted by Gasteiger charge is -2.04. The number of benzene rings is 2. The highest BCUT2D eigenvalue weighted by molar-refractivity contribution is 7.21. The number of carbonyl (C=O) groups excluding carboxylic acids is 1. The second-order valence-electron chi connectivity index (χ2n) is 5.74. The molecule has 0 aliphatic carbocycles. The normalized spacial score (nSPS) is 10.3. The van der Waals surface area contributed by atoms with E-state index in [0.717, 1.165) is 15.6 Å². The molecule has 5 heteroatoms. The molecule has 0 fully saturated rings. The first-order chi connectivity index (χ1) is 13.2. The van der Waals surface area contributed by atoms with Gasteiger partial charge in [0.1, 0.15) is 10.6 Å². The van der Waals surface area contributed by atoms with Crippen molar-refractivity contribution in [3.63, 3.8) is 0 Å². The van der Waals surface area contributed by atoms with Crippen molar-refractivity contribution < 1.29 is 4.79 Å². The molecule has 0 unspecified atom stereocenters. The van der Waals surface area contributed by atoms with Gasteiger partial charge < -0.3 is 5.32 Å². The summed E-state index contributed by atoms with van der Waals surface area (Å²) >= 11 is 7.77. The molecule has 0 aliphatic heterocycles. The Kier molecular flexibility index (Phi) is 4.88. The van der Waals surface area contributed by atoms with E-state index in [2.05, 4.69) is 22.1 Å². The minimum Gasteiger partial charge on any atom is -0.321 e. The van der Waals surface area contributed by atoms with Crippen LogP contribution in [0.15, 0.2) is 72.9 Å². The van der Waals surface area contributed by atoms with Crippen molar-refractivity contribution in [2.24, 2.45) is 0 Å². The van der Waals surface area contributed by atoms with Gasteiger partial charge in [0.05, 0.1) is 5.02 Å². The number of halogens is 1. The second-order valence-corrected chi connectivity index (χ2v) is 7.17. The molecule has 0 radical (unpaired) electrons. The van der Waals surface area contributed by atoms with Gasteiger partial charge in [-0.15, -0.1) is 11.3 Å². The summed E-state index contributed by atoms with van der Waals surface area (Å²) in [5, 5.41) is 4.28. The van der Waals surface area contributed by atoms with Crippen molar-refractivity contribution in [1.29, 1.82) is 0 Å². The number of hydrogen-bond acceptors (Lipinski definition) is 3. The van der Waals surface area contributed by atoms with Crippen LogP contribution in [0.1, 0.15) is 20.9 Å². The molecule has 0 atom stereocenters. The summed E-state index contributed by atoms with van der Waals surface area (Å²) in [5.74, 6) is 5.84. The number of nitrogens with one attached hydrogen (secondary N) is 1. The molecule has 4 aromatic rings. The van der Waals surface area contributed by atoms with Crippen LogP contribution in [0.4, 0.5) is 5.69 Å². The van der Waals surface area contributed by atoms with Crippen LogP contribution >= 0.6 is 22.9 Å². The number of thiophene rings is 1. The first-order valence-corrected chi connectivity index (χ1v) is 9.42. The zero-order valence-electron chi connectivity index (χ0n) is 14.1. The van der Waals surface area contributed by atoms with Crippen LogP contribution in [0.3, 0.4) is 0 Å². The number of amides is 1. The molecule has 0 spiro atoms. The van der Waals surface area contributed by atoms with Gasteiger partial charge in [-0.1, -0.05) is 47.9 Å². The number of fused-ring (bicyclic) bond motifs is 1. The predicted molar refractivity (Wildman–Crippen MR) is 111 cm³/mol. The van der Waals surface area contributed by atoms with Gasteiger partial charge in [0.25, 0.3) is 5.91 Å². The maximum atomic E-state index is 12.7. The van der Waals surface area contributed by atoms with E-state index in [-0.39, 0.29) is 5.91 Å². The van der Waals surface area contributed by atoms with Crippen molar-refractivity contribution in [2.75, 3.05) is 5.32 Å². The first-order valence-electron chi connectivity index (χ1n) is 8.22. The molecule has 130 valence electrons. The molecule has 1 amide bonds. The lowest BCUT2D eigenvalue weighted by Crippen LogP contribution is -2.10. The fraction of sp³-hybridized carbons (Fsp3) is 0. The summed E-state index contributed by atoms with van der Waals surface area (Å²) < 4.78 is 0.989. The lowest BCUT2D eigenvalue weighted by molar-refractivity contribution is 0.103. The minimum atomic E-state index is -0.226. The molecular formula is C22H13ClN2OS. The third-order valence-electron chi connectivity index (χ3n) is 3.86. The summed E-state index contributed by atoms with van der Waals surface area (Å²) in [7, 11) is 0. The summed E-state index contributed by atoms with van der Waals surface area (Å²) in [4.78, 5) is 17.3. The van der Waals surface area contributed by atoms with Crippen LogP contribution in [0.2, 0.25) is 5.02 Å². The fourth-order valence-corrected chi connectivity index (χ4v) is 4.01. The summed E-state index contributed by atoms with van der Waals surface area (Å²) in [5.41, 5.74) is 2.16. The second kappa shape index (κ2) is 7.63. The minimum absolute atomic E-state index is 0.226. The molecule has 2 aromatic carbocycles. The van der Waals surface area contributed by atoms with Gasteiger partial charge in [-0.2, -0.15) is 0 Å². The molecule has 1 N–H and O–H groups in total. The maximum absolute atomic E-state index is 12.7. The van der Waals surface area contributed by atoms with E-state index in [1.54, 1.807) is 6.20 Å². The fourth-order valence-electron chi connectivity index (χ4n) is 2.60. The Balaban J connectivity index is 1.57. The van der Waals surface area contributed by atoms with Crippen molar-refractivity contribution in [1.82, 2.24) is 4.98 Å². The van der Waals surface area contributed by atoms with E-state index in [4.69, 9.17) is 11.6 Å². The van der Waals surface area contributed by atoms with Crippen molar-refractivity contribution in [3.05, 3.63) is 94.1 Å². The van der Waals surface area contributed by atoms with E-state index < -0.39 is 0 Å². The standard InChI is InChI=1S/C22H13ClN2OS/c23-20-18-9-1-2-10-19(18)27-21(20)22(26)25-17-8-5-6-15(14-17)11-12-16-7-3-4-13-24-16/h1-10,13-14H,(H,25,26). The van der Waals surface area contributed by atoms with E-state index in [0.29, 0.717) is 21.3 Å². The number of nitrogens with zero attached hydrogens (tertiary/aromatic N) is 1. The van der Waals surface area contributed by atoms with E-state index in [1.165, 1.54) is 11.3 Å². The maximum Gasteiger partial charge on any atom is 0.267 e. The van der Waals surface area contributed by atoms with E-state index >= 15 is 0 Å². The Bertz CT molecular complexity index is 1190. The SMILES string of the molecule is O=C(Nc1cccc(C#Cc2ccccn2)c1)c1sc2ccccc2c1Cl. The molecular weight excluding hydrogens is 376 g/mol. The predicted octanol–water partition coefficient (Wildman–Crippen LogP) is 5.60. The molecule has 27 heavy (non-hydrogen) atoms. The lowest BCUT2D eigenvalue weighted by atomic mass is 10.2. The number of anilines is 1. The number of rotatable bonds is 2. The van der Waals surface area contributed by atoms with Crippen LogP contribution in [-0.4, -0.2) is 10.9 Å². The molecule has 3 nitrogen and oxygen atoms in total. The van der Waals surface area contributed by atoms with Gasteiger partial charge >= 0.3 is 0 Å². The van der Waals surface area contributed by atoms with Crippen molar-refractivity contribution in [3.8, 4) is 11.8 Å². The third-order valence-corrected chi connectivity index (χ3v) is 5.54. The van der Waals surface area contributed by atoms with Gasteiger partial charge in [0.2, 0.25) is 0 Å². The van der Waals surface area contributed by atoms with Crippen LogP contribution in [-0.2, 0) is 0 Å². The van der Waals surface area contributed by atoms with Gasteiger partial charge in [0.15, 0.2) is 0 Å². The van der Waals surface area contributed by atoms with Gasteiger partial charge in [-0.25, -0.2) is 4.98 Å². The molecule has 2 heterocycles. The van der Waals surface area contributed by atoms with Crippen molar-refractivity contribution in [2.45, 2.75) is 0 Å². The highest BCUT2D eigenvalue weighted by Gasteiger charge is 2.17. The highest BCUT2D eigenvalue weighted by Crippen LogP contribution is 2.35. The van der Waals surface area contributed by atoms with Crippen LogP contribution in [0.25, 0.3) is 10.1 Å². The average Bonchev–Trinajstić information content (AvgIpc) is 3.05. The van der Waals surface area contributed by atoms with E-state index in [1.807, 2.05) is 66.7 Å². The van der Waals surface area contributed by atoms with Gasteiger partial charge in [0, 0.05) is 27.5 Å². The summed E-state index contributed by atoms with van der Waals surface area (Å²) in [6.45, 7) is 0. The Morgan fingerprint density at radius 3 is 2.67 bits per heavy atom. The molecule has 4 rings (SSSR count). The average molecular weight is 389 g/mol. The Morgan fingerprint density at radius 1 is 1.00 bits per heavy atom.